The van der Waals surface area contributed by atoms with Gasteiger partial charge in [0.05, 0.1) is 35.4 Å². The molecule has 2 heterocycles. The van der Waals surface area contributed by atoms with Crippen LogP contribution >= 0.6 is 11.8 Å². The fourth-order valence-electron chi connectivity index (χ4n) is 3.56. The Morgan fingerprint density at radius 3 is 2.32 bits per heavy atom. The number of halogens is 7. The summed E-state index contributed by atoms with van der Waals surface area (Å²) in [5.74, 6) is -10.7. The number of nitrogens with zero attached hydrogens (tertiary/aromatic N) is 3. The highest BCUT2D eigenvalue weighted by molar-refractivity contribution is 7.98. The number of carbonyl (C=O) groups excluding carboxylic acids is 1. The molecule has 0 aliphatic rings. The highest BCUT2D eigenvalue weighted by atomic mass is 32.2. The van der Waals surface area contributed by atoms with E-state index in [0.717, 1.165) is 0 Å². The lowest BCUT2D eigenvalue weighted by atomic mass is 10.1. The molecule has 4 rings (SSSR count). The van der Waals surface area contributed by atoms with E-state index in [1.54, 1.807) is 42.0 Å². The molecule has 0 radical (unpaired) electrons. The molecule has 0 unspecified atom stereocenters. The Labute approximate surface area is 209 Å². The smallest absolute Gasteiger partial charge is 0.422 e. The Morgan fingerprint density at radius 2 is 1.73 bits per heavy atom. The molecule has 13 heteroatoms. The number of esters is 1. The molecule has 0 amide bonds. The molecule has 37 heavy (non-hydrogen) atoms. The topological polar surface area (TPSA) is 57.0 Å². The number of imidazole rings is 1. The summed E-state index contributed by atoms with van der Waals surface area (Å²) in [6.45, 7) is 1.90. The van der Waals surface area contributed by atoms with Gasteiger partial charge in [0.2, 0.25) is 0 Å². The van der Waals surface area contributed by atoms with Gasteiger partial charge in [-0.2, -0.15) is 13.2 Å². The van der Waals surface area contributed by atoms with Gasteiger partial charge in [-0.05, 0) is 37.3 Å². The third-order valence-electron chi connectivity index (χ3n) is 5.25. The first kappa shape index (κ1) is 26.5. The van der Waals surface area contributed by atoms with E-state index < -0.39 is 52.3 Å². The van der Waals surface area contributed by atoms with E-state index in [1.165, 1.54) is 12.1 Å². The normalized spacial score (nSPS) is 11.8. The lowest BCUT2D eigenvalue weighted by Gasteiger charge is -2.14. The molecule has 0 aliphatic carbocycles. The third-order valence-corrected chi connectivity index (χ3v) is 6.26. The Hall–Kier alpha value is -3.61. The number of thioether (sulfide) groups is 1. The van der Waals surface area contributed by atoms with E-state index in [0.29, 0.717) is 28.5 Å². The number of hydrogen-bond acceptors (Lipinski definition) is 5. The molecule has 0 atom stereocenters. The van der Waals surface area contributed by atoms with E-state index in [2.05, 4.69) is 9.97 Å². The first-order chi connectivity index (χ1) is 17.5. The average Bonchev–Trinajstić information content (AvgIpc) is 3.19. The molecule has 0 saturated carbocycles. The summed E-state index contributed by atoms with van der Waals surface area (Å²) >= 11 is 0.642. The molecular formula is C24H16F7N3O2S. The van der Waals surface area contributed by atoms with Crippen LogP contribution in [-0.2, 0) is 23.2 Å². The average molecular weight is 543 g/mol. The van der Waals surface area contributed by atoms with Gasteiger partial charge < -0.3 is 9.30 Å². The summed E-state index contributed by atoms with van der Waals surface area (Å²) in [4.78, 5) is 20.7. The molecule has 4 aromatic rings. The lowest BCUT2D eigenvalue weighted by molar-refractivity contribution is -0.143. The van der Waals surface area contributed by atoms with E-state index in [9.17, 15) is 35.5 Å². The van der Waals surface area contributed by atoms with Gasteiger partial charge in [0.1, 0.15) is 5.56 Å². The van der Waals surface area contributed by atoms with Crippen LogP contribution in [0.15, 0.2) is 47.8 Å². The van der Waals surface area contributed by atoms with Crippen molar-refractivity contribution >= 4 is 28.8 Å². The maximum atomic E-state index is 14.4. The van der Waals surface area contributed by atoms with Crippen molar-refractivity contribution in [1.29, 1.82) is 0 Å². The minimum atomic E-state index is -5.63. The molecule has 194 valence electrons. The van der Waals surface area contributed by atoms with Gasteiger partial charge in [0.15, 0.2) is 28.4 Å². The second-order valence-corrected chi connectivity index (χ2v) is 8.56. The van der Waals surface area contributed by atoms with E-state index in [1.807, 2.05) is 0 Å². The van der Waals surface area contributed by atoms with Crippen molar-refractivity contribution in [2.45, 2.75) is 30.6 Å². The van der Waals surface area contributed by atoms with E-state index in [4.69, 9.17) is 4.74 Å². The molecule has 0 saturated heterocycles. The zero-order chi connectivity index (χ0) is 26.9. The van der Waals surface area contributed by atoms with Crippen molar-refractivity contribution in [3.05, 3.63) is 88.2 Å². The van der Waals surface area contributed by atoms with Crippen molar-refractivity contribution in [1.82, 2.24) is 14.5 Å². The number of hydrogen-bond donors (Lipinski definition) is 0. The summed E-state index contributed by atoms with van der Waals surface area (Å²) < 4.78 is 102. The summed E-state index contributed by atoms with van der Waals surface area (Å²) in [6.07, 6.45) is -4.09. The minimum Gasteiger partial charge on any atom is -0.462 e. The lowest BCUT2D eigenvalue weighted by Crippen LogP contribution is -2.17. The number of carbonyl (C=O) groups is 1. The van der Waals surface area contributed by atoms with Crippen LogP contribution in [0.1, 0.15) is 34.1 Å². The predicted octanol–water partition coefficient (Wildman–Crippen LogP) is 6.52. The summed E-state index contributed by atoms with van der Waals surface area (Å²) in [6, 6.07) is 9.62. The predicted molar refractivity (Wildman–Crippen MR) is 120 cm³/mol. The van der Waals surface area contributed by atoms with Gasteiger partial charge in [0.25, 0.3) is 0 Å². The molecule has 0 aliphatic heterocycles. The van der Waals surface area contributed by atoms with Crippen LogP contribution in [0.5, 0.6) is 0 Å². The second-order valence-electron chi connectivity index (χ2n) is 7.62. The monoisotopic (exact) mass is 543 g/mol. The minimum absolute atomic E-state index is 0.112. The largest absolute Gasteiger partial charge is 0.462 e. The molecule has 5 nitrogen and oxygen atoms in total. The zero-order valence-electron chi connectivity index (χ0n) is 18.9. The van der Waals surface area contributed by atoms with Gasteiger partial charge in [-0.25, -0.2) is 27.3 Å². The van der Waals surface area contributed by atoms with Gasteiger partial charge in [-0.15, -0.1) is 0 Å². The molecule has 2 aromatic heterocycles. The van der Waals surface area contributed by atoms with Crippen LogP contribution in [0.3, 0.4) is 0 Å². The van der Waals surface area contributed by atoms with Crippen molar-refractivity contribution in [2.75, 3.05) is 6.61 Å². The highest BCUT2D eigenvalue weighted by Crippen LogP contribution is 2.38. The number of aromatic nitrogens is 3. The van der Waals surface area contributed by atoms with Gasteiger partial charge in [-0.1, -0.05) is 17.8 Å². The molecule has 0 fully saturated rings. The number of fused-ring (bicyclic) bond motifs is 1. The SMILES string of the molecule is CCOC(=O)c1ccc2c(c1)nc(SCc1c(F)c(F)c(C(F)(F)F)c(F)c1F)n2Cc1ccccn1. The van der Waals surface area contributed by atoms with Crippen molar-refractivity contribution in [3.8, 4) is 0 Å². The Kier molecular flexibility index (Phi) is 7.44. The maximum Gasteiger partial charge on any atom is 0.422 e. The standard InChI is InChI=1S/C24H16F7N3O2S/c1-2-36-22(35)12-6-7-16-15(9-12)33-23(34(16)10-13-5-3-4-8-32-13)37-11-14-18(25)20(27)17(24(29,30)31)21(28)19(14)26/h3-9H,2,10-11H2,1H3. The summed E-state index contributed by atoms with van der Waals surface area (Å²) in [5, 5.41) is 0.112. The first-order valence-corrected chi connectivity index (χ1v) is 11.6. The summed E-state index contributed by atoms with van der Waals surface area (Å²) in [5.41, 5.74) is -2.29. The first-order valence-electron chi connectivity index (χ1n) is 10.6. The zero-order valence-corrected chi connectivity index (χ0v) is 19.7. The van der Waals surface area contributed by atoms with Gasteiger partial charge >= 0.3 is 12.1 Å². The summed E-state index contributed by atoms with van der Waals surface area (Å²) in [7, 11) is 0. The fraction of sp³-hybridized carbons (Fsp3) is 0.208. The molecule has 0 N–H and O–H groups in total. The van der Waals surface area contributed by atoms with E-state index >= 15 is 0 Å². The quantitative estimate of drug-likeness (QED) is 0.115. The maximum absolute atomic E-state index is 14.4. The van der Waals surface area contributed by atoms with Gasteiger partial charge in [-0.3, -0.25) is 4.98 Å². The number of ether oxygens (including phenoxy) is 1. The number of alkyl halides is 3. The molecule has 0 bridgehead atoms. The van der Waals surface area contributed by atoms with Crippen molar-refractivity contribution < 1.29 is 40.3 Å². The molecule has 2 aromatic carbocycles. The van der Waals surface area contributed by atoms with Crippen LogP contribution in [0.2, 0.25) is 0 Å². The van der Waals surface area contributed by atoms with E-state index in [-0.39, 0.29) is 23.9 Å². The number of benzene rings is 2. The van der Waals surface area contributed by atoms with Crippen LogP contribution in [0.4, 0.5) is 30.7 Å². The second kappa shape index (κ2) is 10.4. The number of pyridine rings is 1. The third kappa shape index (κ3) is 5.26. The van der Waals surface area contributed by atoms with Gasteiger partial charge in [0, 0.05) is 17.5 Å². The van der Waals surface area contributed by atoms with Crippen LogP contribution < -0.4 is 0 Å². The molecule has 0 spiro atoms. The number of rotatable bonds is 7. The fourth-order valence-corrected chi connectivity index (χ4v) is 4.56. The Balaban J connectivity index is 1.75. The van der Waals surface area contributed by atoms with Crippen molar-refractivity contribution in [2.24, 2.45) is 0 Å². The Bertz CT molecular complexity index is 1440. The highest BCUT2D eigenvalue weighted by Gasteiger charge is 2.42. The van der Waals surface area contributed by atoms with Crippen LogP contribution in [0, 0.1) is 23.3 Å². The van der Waals surface area contributed by atoms with Crippen LogP contribution in [0.25, 0.3) is 11.0 Å². The molecular weight excluding hydrogens is 527 g/mol. The van der Waals surface area contributed by atoms with Crippen LogP contribution in [-0.4, -0.2) is 27.1 Å². The Morgan fingerprint density at radius 1 is 1.03 bits per heavy atom. The van der Waals surface area contributed by atoms with Crippen molar-refractivity contribution in [3.63, 3.8) is 0 Å².